The van der Waals surface area contributed by atoms with Crippen molar-refractivity contribution in [2.75, 3.05) is 6.61 Å². The van der Waals surface area contributed by atoms with E-state index in [0.717, 1.165) is 22.8 Å². The van der Waals surface area contributed by atoms with Crippen LogP contribution in [0.3, 0.4) is 0 Å². The van der Waals surface area contributed by atoms with Crippen molar-refractivity contribution >= 4 is 23.5 Å². The molecule has 3 unspecified atom stereocenters. The van der Waals surface area contributed by atoms with Crippen molar-refractivity contribution in [1.29, 1.82) is 0 Å². The van der Waals surface area contributed by atoms with E-state index in [-0.39, 0.29) is 42.7 Å². The number of carboxylic acid groups (broad SMARTS) is 1. The molecule has 5 nitrogen and oxygen atoms in total. The molecule has 0 aromatic heterocycles. The summed E-state index contributed by atoms with van der Waals surface area (Å²) in [5.74, 6) is -2.17. The first kappa shape index (κ1) is 31.3. The average molecular weight is 578 g/mol. The zero-order valence-corrected chi connectivity index (χ0v) is 23.8. The molecule has 3 rings (SSSR count). The van der Waals surface area contributed by atoms with E-state index < -0.39 is 28.8 Å². The molecule has 1 amide bonds. The summed E-state index contributed by atoms with van der Waals surface area (Å²) >= 11 is 5.98. The molecule has 3 atom stereocenters. The van der Waals surface area contributed by atoms with E-state index in [4.69, 9.17) is 16.3 Å². The first-order valence-corrected chi connectivity index (χ1v) is 13.6. The standard InChI is InChI=1S/C31H35ClF3NO4/c1-19(2)13-27(23-15-20(3)14-21(4)16-23)36-29(39)26-17-25(10-8-22(26)9-11-28(37)38)40-18-24-7-5-6-12-30(24,32)31(33,34)35/h5-8,10,12,14-17,19,24,27H,9,11,13,18H2,1-4H3,(H,36,39)(H,37,38). The predicted molar refractivity (Wildman–Crippen MR) is 150 cm³/mol. The summed E-state index contributed by atoms with van der Waals surface area (Å²) in [4.78, 5) is 22.3. The molecule has 0 spiro atoms. The van der Waals surface area contributed by atoms with E-state index >= 15 is 0 Å². The third kappa shape index (κ3) is 7.90. The molecule has 0 radical (unpaired) electrons. The van der Waals surface area contributed by atoms with Crippen LogP contribution in [0.4, 0.5) is 13.2 Å². The van der Waals surface area contributed by atoms with Crippen LogP contribution >= 0.6 is 11.6 Å². The van der Waals surface area contributed by atoms with Crippen molar-refractivity contribution < 1.29 is 32.6 Å². The third-order valence-corrected chi connectivity index (χ3v) is 7.41. The number of carbonyl (C=O) groups excluding carboxylic acids is 1. The highest BCUT2D eigenvalue weighted by atomic mass is 35.5. The van der Waals surface area contributed by atoms with E-state index in [1.807, 2.05) is 32.0 Å². The summed E-state index contributed by atoms with van der Waals surface area (Å²) in [6.07, 6.45) is 0.865. The number of halogens is 4. The lowest BCUT2D eigenvalue weighted by Crippen LogP contribution is -2.47. The van der Waals surface area contributed by atoms with Gasteiger partial charge in [-0.15, -0.1) is 11.6 Å². The number of aryl methyl sites for hydroxylation is 3. The highest BCUT2D eigenvalue weighted by Gasteiger charge is 2.56. The highest BCUT2D eigenvalue weighted by molar-refractivity contribution is 6.26. The maximum absolute atomic E-state index is 13.7. The number of carbonyl (C=O) groups is 2. The number of nitrogens with one attached hydrogen (secondary N) is 1. The molecule has 2 aromatic carbocycles. The number of hydrogen-bond donors (Lipinski definition) is 2. The topological polar surface area (TPSA) is 75.6 Å². The maximum atomic E-state index is 13.7. The fourth-order valence-corrected chi connectivity index (χ4v) is 5.05. The van der Waals surface area contributed by atoms with Crippen molar-refractivity contribution in [3.63, 3.8) is 0 Å². The Morgan fingerprint density at radius 2 is 1.77 bits per heavy atom. The Morgan fingerprint density at radius 1 is 1.10 bits per heavy atom. The average Bonchev–Trinajstić information content (AvgIpc) is 2.85. The van der Waals surface area contributed by atoms with E-state index in [2.05, 4.69) is 19.2 Å². The van der Waals surface area contributed by atoms with E-state index in [1.165, 1.54) is 30.4 Å². The first-order valence-electron chi connectivity index (χ1n) is 13.2. The predicted octanol–water partition coefficient (Wildman–Crippen LogP) is 7.50. The molecule has 0 saturated carbocycles. The van der Waals surface area contributed by atoms with Gasteiger partial charge < -0.3 is 15.2 Å². The van der Waals surface area contributed by atoms with Crippen LogP contribution in [0.15, 0.2) is 60.7 Å². The zero-order chi connectivity index (χ0) is 29.7. The van der Waals surface area contributed by atoms with Gasteiger partial charge in [0.1, 0.15) is 5.75 Å². The van der Waals surface area contributed by atoms with Crippen LogP contribution in [0, 0.1) is 25.7 Å². The van der Waals surface area contributed by atoms with E-state index in [0.29, 0.717) is 12.0 Å². The molecule has 1 aliphatic carbocycles. The van der Waals surface area contributed by atoms with Crippen molar-refractivity contribution in [2.45, 2.75) is 64.0 Å². The fraction of sp³-hybridized carbons (Fsp3) is 0.419. The molecular weight excluding hydrogens is 543 g/mol. The number of benzene rings is 2. The van der Waals surface area contributed by atoms with E-state index in [1.54, 1.807) is 6.07 Å². The number of hydrogen-bond acceptors (Lipinski definition) is 3. The molecule has 0 heterocycles. The minimum atomic E-state index is -4.70. The zero-order valence-electron chi connectivity index (χ0n) is 23.0. The van der Waals surface area contributed by atoms with Crippen LogP contribution in [-0.2, 0) is 11.2 Å². The highest BCUT2D eigenvalue weighted by Crippen LogP contribution is 2.45. The lowest BCUT2D eigenvalue weighted by Gasteiger charge is -2.34. The number of rotatable bonds is 11. The van der Waals surface area contributed by atoms with Gasteiger partial charge in [0.2, 0.25) is 0 Å². The molecule has 0 fully saturated rings. The number of amides is 1. The summed E-state index contributed by atoms with van der Waals surface area (Å²) < 4.78 is 46.8. The summed E-state index contributed by atoms with van der Waals surface area (Å²) in [6.45, 7) is 7.71. The fourth-order valence-electron chi connectivity index (χ4n) is 4.84. The van der Waals surface area contributed by atoms with Gasteiger partial charge in [-0.05, 0) is 55.9 Å². The molecule has 2 N–H and O–H groups in total. The third-order valence-electron chi connectivity index (χ3n) is 6.79. The molecule has 2 aromatic rings. The van der Waals surface area contributed by atoms with Crippen LogP contribution in [0.25, 0.3) is 0 Å². The molecule has 0 bridgehead atoms. The second-order valence-corrected chi connectivity index (χ2v) is 11.3. The number of aliphatic carboxylic acids is 1. The molecule has 40 heavy (non-hydrogen) atoms. The first-order chi connectivity index (χ1) is 18.7. The Kier molecular flexibility index (Phi) is 10.1. The van der Waals surface area contributed by atoms with Crippen LogP contribution < -0.4 is 10.1 Å². The van der Waals surface area contributed by atoms with Gasteiger partial charge in [0.25, 0.3) is 5.91 Å². The minimum Gasteiger partial charge on any atom is -0.493 e. The van der Waals surface area contributed by atoms with Crippen molar-refractivity contribution in [3.8, 4) is 5.75 Å². The van der Waals surface area contributed by atoms with Gasteiger partial charge in [0.15, 0.2) is 4.87 Å². The van der Waals surface area contributed by atoms with Crippen LogP contribution in [0.2, 0.25) is 0 Å². The number of ether oxygens (including phenoxy) is 1. The largest absolute Gasteiger partial charge is 0.493 e. The number of allylic oxidation sites excluding steroid dienone is 3. The normalized spacial score (nSPS) is 19.5. The second kappa shape index (κ2) is 12.9. The number of carboxylic acids is 1. The Morgan fingerprint density at radius 3 is 2.38 bits per heavy atom. The Bertz CT molecular complexity index is 1270. The van der Waals surface area contributed by atoms with Gasteiger partial charge in [0.05, 0.1) is 12.6 Å². The molecule has 0 aliphatic heterocycles. The summed E-state index contributed by atoms with van der Waals surface area (Å²) in [7, 11) is 0. The van der Waals surface area contributed by atoms with Gasteiger partial charge in [0, 0.05) is 17.9 Å². The van der Waals surface area contributed by atoms with Gasteiger partial charge in [-0.2, -0.15) is 13.2 Å². The summed E-state index contributed by atoms with van der Waals surface area (Å²) in [5.41, 5.74) is 3.80. The van der Waals surface area contributed by atoms with Gasteiger partial charge in [-0.25, -0.2) is 0 Å². The SMILES string of the molecule is Cc1cc(C)cc(C(CC(C)C)NC(=O)c2cc(OCC3C=CC=CC3(Cl)C(F)(F)F)ccc2CCC(=O)O)c1. The second-order valence-electron chi connectivity index (χ2n) is 10.7. The number of alkyl halides is 4. The lowest BCUT2D eigenvalue weighted by molar-refractivity contribution is -0.160. The quantitative estimate of drug-likeness (QED) is 0.271. The Balaban J connectivity index is 1.90. The molecular formula is C31H35ClF3NO4. The van der Waals surface area contributed by atoms with Crippen LogP contribution in [0.5, 0.6) is 5.75 Å². The van der Waals surface area contributed by atoms with Gasteiger partial charge in [-0.1, -0.05) is 73.5 Å². The Hall–Kier alpha value is -3.26. The smallest absolute Gasteiger partial charge is 0.411 e. The summed E-state index contributed by atoms with van der Waals surface area (Å²) in [6, 6.07) is 10.4. The van der Waals surface area contributed by atoms with Crippen LogP contribution in [0.1, 0.15) is 65.3 Å². The summed E-state index contributed by atoms with van der Waals surface area (Å²) in [5, 5.41) is 12.3. The molecule has 1 aliphatic rings. The van der Waals surface area contributed by atoms with Crippen molar-refractivity contribution in [2.24, 2.45) is 11.8 Å². The maximum Gasteiger partial charge on any atom is 0.411 e. The van der Waals surface area contributed by atoms with Gasteiger partial charge in [-0.3, -0.25) is 9.59 Å². The Labute approximate surface area is 238 Å². The van der Waals surface area contributed by atoms with Crippen molar-refractivity contribution in [3.05, 3.63) is 88.5 Å². The molecule has 9 heteroatoms. The minimum absolute atomic E-state index is 0.103. The molecule has 216 valence electrons. The van der Waals surface area contributed by atoms with Crippen LogP contribution in [-0.4, -0.2) is 34.6 Å². The lowest BCUT2D eigenvalue weighted by atomic mass is 9.87. The molecule has 0 saturated heterocycles. The van der Waals surface area contributed by atoms with E-state index in [9.17, 15) is 27.9 Å². The van der Waals surface area contributed by atoms with Crippen molar-refractivity contribution in [1.82, 2.24) is 5.32 Å². The van der Waals surface area contributed by atoms with Gasteiger partial charge >= 0.3 is 12.1 Å². The monoisotopic (exact) mass is 577 g/mol.